The van der Waals surface area contributed by atoms with Crippen molar-refractivity contribution in [2.24, 2.45) is 0 Å². The van der Waals surface area contributed by atoms with E-state index in [9.17, 15) is 27.6 Å². The zero-order valence-electron chi connectivity index (χ0n) is 14.7. The minimum absolute atomic E-state index is 0.0215. The molecule has 8 nitrogen and oxygen atoms in total. The summed E-state index contributed by atoms with van der Waals surface area (Å²) in [6.07, 6.45) is -4.07. The van der Waals surface area contributed by atoms with E-state index in [0.29, 0.717) is 0 Å². The second kappa shape index (κ2) is 9.04. The van der Waals surface area contributed by atoms with Crippen LogP contribution in [0.25, 0.3) is 0 Å². The lowest BCUT2D eigenvalue weighted by atomic mass is 10.1. The minimum Gasteiger partial charge on any atom is -0.481 e. The molecule has 2 aromatic rings. The largest absolute Gasteiger partial charge is 0.481 e. The highest BCUT2D eigenvalue weighted by Crippen LogP contribution is 2.31. The summed E-state index contributed by atoms with van der Waals surface area (Å²) >= 11 is 0. The van der Waals surface area contributed by atoms with Crippen molar-refractivity contribution in [3.63, 3.8) is 0 Å². The van der Waals surface area contributed by atoms with E-state index in [4.69, 9.17) is 10.2 Å². The molecule has 0 fully saturated rings. The van der Waals surface area contributed by atoms with Crippen LogP contribution in [0.4, 0.5) is 24.7 Å². The minimum atomic E-state index is -4.55. The number of anilines is 2. The van der Waals surface area contributed by atoms with E-state index < -0.39 is 42.0 Å². The number of rotatable bonds is 8. The van der Waals surface area contributed by atoms with Crippen molar-refractivity contribution < 1.29 is 37.8 Å². The van der Waals surface area contributed by atoms with E-state index in [1.54, 1.807) is 0 Å². The van der Waals surface area contributed by atoms with E-state index in [2.05, 4.69) is 15.6 Å². The Morgan fingerprint density at radius 2 is 1.83 bits per heavy atom. The Labute approximate surface area is 162 Å². The molecule has 0 aliphatic carbocycles. The fourth-order valence-corrected chi connectivity index (χ4v) is 2.36. The second-order valence-electron chi connectivity index (χ2n) is 5.90. The standard InChI is InChI=1S/C18H16F3N3O5/c19-18(20,21)10-3-1-4-11(9-10)23-15-12(5-2-8-22-15)16(27)24-13(17(28)29)6-7-14(25)26/h1-5,8-9,13H,6-7H2,(H,22,23)(H,24,27)(H,25,26)(H,28,29). The van der Waals surface area contributed by atoms with Gasteiger partial charge in [0.25, 0.3) is 5.91 Å². The summed E-state index contributed by atoms with van der Waals surface area (Å²) in [6, 6.07) is 5.48. The summed E-state index contributed by atoms with van der Waals surface area (Å²) < 4.78 is 38.6. The quantitative estimate of drug-likeness (QED) is 0.526. The number of carbonyl (C=O) groups excluding carboxylic acids is 1. The Balaban J connectivity index is 2.23. The molecule has 1 atom stereocenters. The maximum Gasteiger partial charge on any atom is 0.416 e. The van der Waals surface area contributed by atoms with Crippen LogP contribution in [0.3, 0.4) is 0 Å². The molecule has 0 aliphatic rings. The number of nitrogens with one attached hydrogen (secondary N) is 2. The Bertz CT molecular complexity index is 918. The van der Waals surface area contributed by atoms with Crippen molar-refractivity contribution in [1.82, 2.24) is 10.3 Å². The molecule has 1 heterocycles. The van der Waals surface area contributed by atoms with Gasteiger partial charge in [0, 0.05) is 18.3 Å². The normalized spacial score (nSPS) is 12.1. The third-order valence-corrected chi connectivity index (χ3v) is 3.76. The van der Waals surface area contributed by atoms with E-state index in [0.717, 1.165) is 12.1 Å². The fraction of sp³-hybridized carbons (Fsp3) is 0.222. The molecule has 1 aromatic heterocycles. The van der Waals surface area contributed by atoms with Gasteiger partial charge in [0.15, 0.2) is 0 Å². The van der Waals surface area contributed by atoms with Crippen LogP contribution >= 0.6 is 0 Å². The summed E-state index contributed by atoms with van der Waals surface area (Å²) in [7, 11) is 0. The number of aliphatic carboxylic acids is 2. The Hall–Kier alpha value is -3.63. The van der Waals surface area contributed by atoms with Gasteiger partial charge in [-0.25, -0.2) is 9.78 Å². The molecule has 1 aromatic carbocycles. The maximum atomic E-state index is 12.9. The second-order valence-corrected chi connectivity index (χ2v) is 5.90. The molecule has 0 spiro atoms. The van der Waals surface area contributed by atoms with Gasteiger partial charge in [-0.2, -0.15) is 13.2 Å². The third-order valence-electron chi connectivity index (χ3n) is 3.76. The Morgan fingerprint density at radius 1 is 1.10 bits per heavy atom. The van der Waals surface area contributed by atoms with Crippen molar-refractivity contribution in [2.45, 2.75) is 25.1 Å². The highest BCUT2D eigenvalue weighted by Gasteiger charge is 2.30. The number of nitrogens with zero attached hydrogens (tertiary/aromatic N) is 1. The first-order valence-corrected chi connectivity index (χ1v) is 8.22. The van der Waals surface area contributed by atoms with Gasteiger partial charge in [-0.1, -0.05) is 6.07 Å². The van der Waals surface area contributed by atoms with Gasteiger partial charge in [-0.15, -0.1) is 0 Å². The molecule has 2 rings (SSSR count). The SMILES string of the molecule is O=C(O)CCC(NC(=O)c1cccnc1Nc1cccc(C(F)(F)F)c1)C(=O)O. The van der Waals surface area contributed by atoms with Crippen LogP contribution in [0.2, 0.25) is 0 Å². The summed E-state index contributed by atoms with van der Waals surface area (Å²) in [5, 5.41) is 22.6. The average Bonchev–Trinajstić information content (AvgIpc) is 2.64. The number of benzene rings is 1. The van der Waals surface area contributed by atoms with E-state index in [-0.39, 0.29) is 23.5 Å². The molecule has 0 radical (unpaired) electrons. The van der Waals surface area contributed by atoms with Gasteiger partial charge >= 0.3 is 18.1 Å². The molecule has 29 heavy (non-hydrogen) atoms. The first kappa shape index (κ1) is 21.7. The van der Waals surface area contributed by atoms with Crippen LogP contribution in [-0.2, 0) is 15.8 Å². The molecule has 0 bridgehead atoms. The van der Waals surface area contributed by atoms with Gasteiger partial charge in [-0.3, -0.25) is 9.59 Å². The summed E-state index contributed by atoms with van der Waals surface area (Å²) in [6.45, 7) is 0. The Morgan fingerprint density at radius 3 is 2.45 bits per heavy atom. The van der Waals surface area contributed by atoms with E-state index >= 15 is 0 Å². The van der Waals surface area contributed by atoms with Crippen LogP contribution in [0.1, 0.15) is 28.8 Å². The van der Waals surface area contributed by atoms with Crippen molar-refractivity contribution >= 4 is 29.4 Å². The first-order chi connectivity index (χ1) is 13.6. The molecular formula is C18H16F3N3O5. The lowest BCUT2D eigenvalue weighted by molar-refractivity contribution is -0.141. The number of carbonyl (C=O) groups is 3. The summed E-state index contributed by atoms with van der Waals surface area (Å²) in [4.78, 5) is 38.3. The molecular weight excluding hydrogens is 395 g/mol. The van der Waals surface area contributed by atoms with Gasteiger partial charge in [0.1, 0.15) is 11.9 Å². The van der Waals surface area contributed by atoms with Crippen LogP contribution < -0.4 is 10.6 Å². The maximum absolute atomic E-state index is 12.9. The molecule has 1 amide bonds. The van der Waals surface area contributed by atoms with Crippen molar-refractivity contribution in [2.75, 3.05) is 5.32 Å². The van der Waals surface area contributed by atoms with Gasteiger partial charge in [0.05, 0.1) is 11.1 Å². The first-order valence-electron chi connectivity index (χ1n) is 8.22. The zero-order chi connectivity index (χ0) is 21.6. The molecule has 0 saturated heterocycles. The topological polar surface area (TPSA) is 129 Å². The number of amides is 1. The van der Waals surface area contributed by atoms with E-state index in [1.807, 2.05) is 0 Å². The number of carboxylic acids is 2. The zero-order valence-corrected chi connectivity index (χ0v) is 14.7. The van der Waals surface area contributed by atoms with Gasteiger partial charge in [-0.05, 0) is 36.8 Å². The number of carboxylic acid groups (broad SMARTS) is 2. The van der Waals surface area contributed by atoms with Crippen LogP contribution in [-0.4, -0.2) is 39.1 Å². The predicted molar refractivity (Wildman–Crippen MR) is 94.7 cm³/mol. The number of alkyl halides is 3. The van der Waals surface area contributed by atoms with Crippen molar-refractivity contribution in [3.05, 3.63) is 53.7 Å². The van der Waals surface area contributed by atoms with Gasteiger partial charge in [0.2, 0.25) is 0 Å². The van der Waals surface area contributed by atoms with Crippen LogP contribution in [0, 0.1) is 0 Å². The van der Waals surface area contributed by atoms with Gasteiger partial charge < -0.3 is 20.8 Å². The lowest BCUT2D eigenvalue weighted by Gasteiger charge is -2.16. The van der Waals surface area contributed by atoms with Crippen molar-refractivity contribution in [3.8, 4) is 0 Å². The van der Waals surface area contributed by atoms with Crippen molar-refractivity contribution in [1.29, 1.82) is 0 Å². The number of hydrogen-bond donors (Lipinski definition) is 4. The predicted octanol–water partition coefficient (Wildman–Crippen LogP) is 2.89. The number of aromatic nitrogens is 1. The molecule has 154 valence electrons. The highest BCUT2D eigenvalue weighted by molar-refractivity contribution is 6.01. The molecule has 11 heteroatoms. The summed E-state index contributed by atoms with van der Waals surface area (Å²) in [5.74, 6) is -3.60. The van der Waals surface area contributed by atoms with Crippen LogP contribution in [0.5, 0.6) is 0 Å². The highest BCUT2D eigenvalue weighted by atomic mass is 19.4. The number of halogens is 3. The summed E-state index contributed by atoms with van der Waals surface area (Å²) in [5.41, 5.74) is -0.997. The lowest BCUT2D eigenvalue weighted by Crippen LogP contribution is -2.41. The fourth-order valence-electron chi connectivity index (χ4n) is 2.36. The number of hydrogen-bond acceptors (Lipinski definition) is 5. The molecule has 1 unspecified atom stereocenters. The molecule has 0 saturated carbocycles. The average molecular weight is 411 g/mol. The smallest absolute Gasteiger partial charge is 0.416 e. The third kappa shape index (κ3) is 6.19. The number of pyridine rings is 1. The monoisotopic (exact) mass is 411 g/mol. The van der Waals surface area contributed by atoms with Crippen LogP contribution in [0.15, 0.2) is 42.6 Å². The molecule has 0 aliphatic heterocycles. The Kier molecular flexibility index (Phi) is 6.75. The molecule has 4 N–H and O–H groups in total. The van der Waals surface area contributed by atoms with E-state index in [1.165, 1.54) is 30.5 Å².